The summed E-state index contributed by atoms with van der Waals surface area (Å²) in [5.74, 6) is -2.77. The molecule has 51 heavy (non-hydrogen) atoms. The standard InChI is InChI=1S/C30H24Cl2F10N4O5/c1-25(2,3)51-24(48)49-14-46(26(13-44)6-7-26)23(47)18-8-15(4-5-19(18)31)16(11-43)12-45-22-20(32)9-17(10-21(22)50-30(40,41)42)27(33,28(34,35)36)29(37,38)39/h4-5,8-12H,6-7,14,43H2,1-3H3/b16-11+,45-12?. The number of carbonyl (C=O) groups excluding carboxylic acids is 2. The molecule has 0 spiro atoms. The molecule has 1 aliphatic carbocycles. The predicted octanol–water partition coefficient (Wildman–Crippen LogP) is 9.29. The molecule has 3 rings (SSSR count). The zero-order valence-electron chi connectivity index (χ0n) is 26.2. The summed E-state index contributed by atoms with van der Waals surface area (Å²) < 4.78 is 148. The van der Waals surface area contributed by atoms with Crippen LogP contribution in [0.4, 0.5) is 54.4 Å². The van der Waals surface area contributed by atoms with E-state index >= 15 is 0 Å². The molecule has 9 nitrogen and oxygen atoms in total. The molecule has 278 valence electrons. The van der Waals surface area contributed by atoms with Crippen molar-refractivity contribution in [3.05, 3.63) is 63.3 Å². The van der Waals surface area contributed by atoms with E-state index in [0.29, 0.717) is 6.21 Å². The first kappa shape index (κ1) is 41.0. The highest BCUT2D eigenvalue weighted by Gasteiger charge is 2.73. The molecular formula is C30H24Cl2F10N4O5. The van der Waals surface area contributed by atoms with Crippen molar-refractivity contribution in [1.29, 1.82) is 5.26 Å². The van der Waals surface area contributed by atoms with Crippen LogP contribution in [-0.4, -0.2) is 59.8 Å². The second-order valence-electron chi connectivity index (χ2n) is 11.7. The van der Waals surface area contributed by atoms with Gasteiger partial charge in [-0.1, -0.05) is 29.3 Å². The minimum absolute atomic E-state index is 0.0493. The van der Waals surface area contributed by atoms with Crippen molar-refractivity contribution in [1.82, 2.24) is 4.90 Å². The number of rotatable bonds is 9. The number of hydrogen-bond donors (Lipinski definition) is 1. The summed E-state index contributed by atoms with van der Waals surface area (Å²) in [4.78, 5) is 30.3. The highest BCUT2D eigenvalue weighted by Crippen LogP contribution is 2.55. The lowest BCUT2D eigenvalue weighted by Crippen LogP contribution is -2.50. The van der Waals surface area contributed by atoms with Crippen molar-refractivity contribution in [3.8, 4) is 11.8 Å². The maximum atomic E-state index is 14.7. The van der Waals surface area contributed by atoms with Gasteiger partial charge in [-0.25, -0.2) is 9.18 Å². The van der Waals surface area contributed by atoms with Gasteiger partial charge in [0.15, 0.2) is 12.5 Å². The molecule has 0 aromatic heterocycles. The largest absolute Gasteiger partial charge is 0.573 e. The van der Waals surface area contributed by atoms with Crippen LogP contribution >= 0.6 is 23.2 Å². The van der Waals surface area contributed by atoms with Crippen molar-refractivity contribution < 1.29 is 67.7 Å². The predicted molar refractivity (Wildman–Crippen MR) is 161 cm³/mol. The van der Waals surface area contributed by atoms with E-state index in [0.717, 1.165) is 23.2 Å². The zero-order chi connectivity index (χ0) is 39.0. The second-order valence-corrected chi connectivity index (χ2v) is 12.5. The van der Waals surface area contributed by atoms with Gasteiger partial charge in [0.1, 0.15) is 16.8 Å². The SMILES string of the molecule is CC(C)(C)OC(=O)OCN(C(=O)c1cc(/C(C=Nc2c(Cl)cc(C(F)(C(F)(F)F)C(F)(F)F)cc2OC(F)(F)F)=C/N)ccc1Cl)C1(C#N)CC1. The third kappa shape index (κ3) is 9.27. The lowest BCUT2D eigenvalue weighted by molar-refractivity contribution is -0.348. The number of benzene rings is 2. The Morgan fingerprint density at radius 2 is 1.57 bits per heavy atom. The van der Waals surface area contributed by atoms with E-state index in [1.165, 1.54) is 6.07 Å². The van der Waals surface area contributed by atoms with Crippen LogP contribution in [0.25, 0.3) is 5.57 Å². The molecule has 0 saturated heterocycles. The molecule has 0 radical (unpaired) electrons. The summed E-state index contributed by atoms with van der Waals surface area (Å²) in [5.41, 5.74) is -7.05. The van der Waals surface area contributed by atoms with Crippen molar-refractivity contribution >= 4 is 52.7 Å². The highest BCUT2D eigenvalue weighted by molar-refractivity contribution is 6.34. The number of nitriles is 1. The number of allylic oxidation sites excluding steroid dienone is 1. The van der Waals surface area contributed by atoms with Gasteiger partial charge in [0.05, 0.1) is 21.7 Å². The maximum absolute atomic E-state index is 14.7. The van der Waals surface area contributed by atoms with E-state index in [4.69, 9.17) is 38.4 Å². The third-order valence-corrected chi connectivity index (χ3v) is 7.49. The van der Waals surface area contributed by atoms with Crippen molar-refractivity contribution in [2.75, 3.05) is 6.73 Å². The van der Waals surface area contributed by atoms with E-state index in [1.807, 2.05) is 6.07 Å². The molecular weight excluding hydrogens is 757 g/mol. The second kappa shape index (κ2) is 14.3. The number of ether oxygens (including phenoxy) is 3. The van der Waals surface area contributed by atoms with Crippen LogP contribution in [0.15, 0.2) is 41.5 Å². The summed E-state index contributed by atoms with van der Waals surface area (Å²) in [6.45, 7) is 3.91. The molecule has 2 aromatic rings. The number of nitrogens with two attached hydrogens (primary N) is 1. The van der Waals surface area contributed by atoms with Crippen LogP contribution in [0.5, 0.6) is 5.75 Å². The minimum Gasteiger partial charge on any atom is -0.429 e. The molecule has 21 heteroatoms. The highest BCUT2D eigenvalue weighted by atomic mass is 35.5. The number of amides is 1. The van der Waals surface area contributed by atoms with Crippen molar-refractivity contribution in [2.24, 2.45) is 10.7 Å². The van der Waals surface area contributed by atoms with Crippen molar-refractivity contribution in [2.45, 2.75) is 69.1 Å². The van der Waals surface area contributed by atoms with Crippen LogP contribution in [0.3, 0.4) is 0 Å². The van der Waals surface area contributed by atoms with E-state index in [2.05, 4.69) is 9.73 Å². The van der Waals surface area contributed by atoms with Crippen LogP contribution < -0.4 is 10.5 Å². The van der Waals surface area contributed by atoms with E-state index in [-0.39, 0.29) is 40.6 Å². The first-order valence-corrected chi connectivity index (χ1v) is 14.7. The van der Waals surface area contributed by atoms with E-state index in [1.54, 1.807) is 20.8 Å². The molecule has 0 aliphatic heterocycles. The molecule has 2 aromatic carbocycles. The normalized spacial score (nSPS) is 15.3. The van der Waals surface area contributed by atoms with Gasteiger partial charge in [-0.2, -0.15) is 31.6 Å². The summed E-state index contributed by atoms with van der Waals surface area (Å²) >= 11 is 12.0. The Balaban J connectivity index is 2.06. The van der Waals surface area contributed by atoms with Crippen LogP contribution in [0.1, 0.15) is 55.1 Å². The quantitative estimate of drug-likeness (QED) is 0.116. The Morgan fingerprint density at radius 1 is 0.980 bits per heavy atom. The fraction of sp³-hybridized carbons (Fsp3) is 0.400. The zero-order valence-corrected chi connectivity index (χ0v) is 27.7. The molecule has 1 aliphatic rings. The van der Waals surface area contributed by atoms with E-state index in [9.17, 15) is 58.8 Å². The Morgan fingerprint density at radius 3 is 2.04 bits per heavy atom. The Bertz CT molecular complexity index is 1760. The fourth-order valence-electron chi connectivity index (χ4n) is 4.28. The lowest BCUT2D eigenvalue weighted by Gasteiger charge is -2.30. The third-order valence-electron chi connectivity index (χ3n) is 6.87. The summed E-state index contributed by atoms with van der Waals surface area (Å²) in [5, 5.41) is 8.22. The topological polar surface area (TPSA) is 127 Å². The Hall–Kier alpha value is -4.44. The lowest BCUT2D eigenvalue weighted by atomic mass is 9.93. The average Bonchev–Trinajstić information content (AvgIpc) is 3.76. The number of halogens is 12. The number of aliphatic imine (C=N–C) groups is 1. The minimum atomic E-state index is -6.70. The van der Waals surface area contributed by atoms with Gasteiger partial charge < -0.3 is 19.9 Å². The fourth-order valence-corrected chi connectivity index (χ4v) is 4.74. The molecule has 1 fully saturated rings. The van der Waals surface area contributed by atoms with Gasteiger partial charge >= 0.3 is 30.5 Å². The first-order chi connectivity index (χ1) is 23.2. The summed E-state index contributed by atoms with van der Waals surface area (Å²) in [6.07, 6.45) is -18.5. The molecule has 0 bridgehead atoms. The molecule has 1 amide bonds. The average molecular weight is 781 g/mol. The molecule has 0 unspecified atom stereocenters. The van der Waals surface area contributed by atoms with Gasteiger partial charge in [0.25, 0.3) is 5.91 Å². The van der Waals surface area contributed by atoms with E-state index < -0.39 is 82.4 Å². The molecule has 0 atom stereocenters. The molecule has 2 N–H and O–H groups in total. The number of alkyl halides is 10. The first-order valence-electron chi connectivity index (χ1n) is 14.0. The van der Waals surface area contributed by atoms with Gasteiger partial charge in [-0.3, -0.25) is 14.7 Å². The Labute approximate surface area is 292 Å². The van der Waals surface area contributed by atoms with Gasteiger partial charge in [-0.15, -0.1) is 13.2 Å². The number of hydrogen-bond acceptors (Lipinski definition) is 8. The smallest absolute Gasteiger partial charge is 0.429 e. The van der Waals surface area contributed by atoms with Crippen LogP contribution in [0, 0.1) is 11.3 Å². The van der Waals surface area contributed by atoms with Gasteiger partial charge in [0.2, 0.25) is 0 Å². The maximum Gasteiger partial charge on any atom is 0.573 e. The summed E-state index contributed by atoms with van der Waals surface area (Å²) in [7, 11) is 0. The van der Waals surface area contributed by atoms with Gasteiger partial charge in [-0.05, 0) is 63.4 Å². The monoisotopic (exact) mass is 780 g/mol. The Kier molecular flexibility index (Phi) is 11.5. The van der Waals surface area contributed by atoms with Crippen LogP contribution in [-0.2, 0) is 15.1 Å². The van der Waals surface area contributed by atoms with Crippen molar-refractivity contribution in [3.63, 3.8) is 0 Å². The van der Waals surface area contributed by atoms with Crippen LogP contribution in [0.2, 0.25) is 10.0 Å². The number of carbonyl (C=O) groups is 2. The summed E-state index contributed by atoms with van der Waals surface area (Å²) in [6, 6.07) is 4.71. The van der Waals surface area contributed by atoms with Gasteiger partial charge in [0, 0.05) is 23.6 Å². The molecule has 1 saturated carbocycles. The molecule has 0 heterocycles. The number of nitrogens with zero attached hydrogens (tertiary/aromatic N) is 3.